The second-order valence-corrected chi connectivity index (χ2v) is 5.60. The number of aryl methyl sites for hydroxylation is 2. The summed E-state index contributed by atoms with van der Waals surface area (Å²) >= 11 is 1.81. The van der Waals surface area contributed by atoms with Gasteiger partial charge >= 0.3 is 0 Å². The van der Waals surface area contributed by atoms with Crippen molar-refractivity contribution in [1.82, 2.24) is 0 Å². The summed E-state index contributed by atoms with van der Waals surface area (Å²) in [4.78, 5) is 2.59. The number of hydrogen-bond donors (Lipinski definition) is 0. The zero-order valence-corrected chi connectivity index (χ0v) is 11.2. The van der Waals surface area contributed by atoms with Crippen LogP contribution in [-0.2, 0) is 0 Å². The largest absolute Gasteiger partial charge is 0.0946 e. The summed E-state index contributed by atoms with van der Waals surface area (Å²) in [5.41, 5.74) is 4.08. The van der Waals surface area contributed by atoms with Crippen molar-refractivity contribution in [3.05, 3.63) is 40.3 Å². The predicted octanol–water partition coefficient (Wildman–Crippen LogP) is 4.87. The van der Waals surface area contributed by atoms with Crippen LogP contribution >= 0.6 is 11.8 Å². The molecular weight excluding hydrogens is 200 g/mol. The molecule has 0 spiro atoms. The molecule has 0 nitrogen and oxygen atoms in total. The molecule has 0 aliphatic rings. The molecule has 0 saturated carbocycles. The van der Waals surface area contributed by atoms with Gasteiger partial charge in [0, 0.05) is 4.90 Å². The van der Waals surface area contributed by atoms with Gasteiger partial charge in [-0.25, -0.2) is 0 Å². The summed E-state index contributed by atoms with van der Waals surface area (Å²) in [6.45, 7) is 15.0. The van der Waals surface area contributed by atoms with Crippen molar-refractivity contribution in [1.29, 1.82) is 0 Å². The highest BCUT2D eigenvalue weighted by atomic mass is 32.2. The Balaban J connectivity index is 2.99. The van der Waals surface area contributed by atoms with Gasteiger partial charge in [-0.3, -0.25) is 0 Å². The number of rotatable bonds is 3. The molecule has 0 radical (unpaired) electrons. The lowest BCUT2D eigenvalue weighted by Crippen LogP contribution is -1.91. The highest BCUT2D eigenvalue weighted by molar-refractivity contribution is 8.03. The van der Waals surface area contributed by atoms with E-state index in [1.807, 2.05) is 11.8 Å². The normalized spacial score (nSPS) is 10.8. The Morgan fingerprint density at radius 1 is 1.20 bits per heavy atom. The number of thioether (sulfide) groups is 1. The van der Waals surface area contributed by atoms with E-state index in [1.54, 1.807) is 0 Å². The molecule has 1 rings (SSSR count). The Morgan fingerprint density at radius 3 is 2.33 bits per heavy atom. The van der Waals surface area contributed by atoms with Crippen LogP contribution in [0.15, 0.2) is 28.5 Å². The molecule has 0 saturated heterocycles. The van der Waals surface area contributed by atoms with Gasteiger partial charge in [0.15, 0.2) is 0 Å². The second kappa shape index (κ2) is 4.89. The van der Waals surface area contributed by atoms with Gasteiger partial charge in [-0.1, -0.05) is 38.3 Å². The van der Waals surface area contributed by atoms with Crippen molar-refractivity contribution in [2.75, 3.05) is 0 Å². The average Bonchev–Trinajstić information content (AvgIpc) is 2.13. The van der Waals surface area contributed by atoms with Crippen LogP contribution < -0.4 is 0 Å². The minimum Gasteiger partial charge on any atom is -0.0946 e. The first-order chi connectivity index (χ1) is 6.91. The van der Waals surface area contributed by atoms with Crippen LogP contribution in [0.1, 0.15) is 30.5 Å². The van der Waals surface area contributed by atoms with Gasteiger partial charge in [0.2, 0.25) is 0 Å². The molecule has 0 N–H and O–H groups in total. The molecule has 82 valence electrons. The Bertz CT molecular complexity index is 375. The van der Waals surface area contributed by atoms with Gasteiger partial charge in [-0.2, -0.15) is 0 Å². The third-order valence-electron chi connectivity index (χ3n) is 2.65. The molecule has 0 fully saturated rings. The van der Waals surface area contributed by atoms with Gasteiger partial charge in [0.1, 0.15) is 0 Å². The first-order valence-electron chi connectivity index (χ1n) is 5.36. The average molecular weight is 220 g/mol. The second-order valence-electron chi connectivity index (χ2n) is 4.43. The number of allylic oxidation sites excluding steroid dienone is 1. The van der Waals surface area contributed by atoms with Crippen LogP contribution in [0.25, 0.3) is 0 Å². The minimum atomic E-state index is 0.537. The first kappa shape index (κ1) is 12.4. The molecule has 0 unspecified atom stereocenters. The topological polar surface area (TPSA) is 0 Å². The zero-order chi connectivity index (χ0) is 11.6. The van der Waals surface area contributed by atoms with Gasteiger partial charge in [0.05, 0.1) is 0 Å². The lowest BCUT2D eigenvalue weighted by Gasteiger charge is -2.13. The molecule has 0 aliphatic heterocycles. The maximum atomic E-state index is 4.11. The molecule has 0 aliphatic carbocycles. The van der Waals surface area contributed by atoms with Crippen LogP contribution in [-0.4, -0.2) is 0 Å². The Labute approximate surface area is 97.8 Å². The molecule has 0 atom stereocenters. The quantitative estimate of drug-likeness (QED) is 0.655. The van der Waals surface area contributed by atoms with Crippen LogP contribution in [0.2, 0.25) is 0 Å². The molecule has 0 heterocycles. The Kier molecular flexibility index (Phi) is 4.04. The molecular formula is C14H20S. The maximum Gasteiger partial charge on any atom is 0.0153 e. The molecule has 0 amide bonds. The molecule has 15 heavy (non-hydrogen) atoms. The van der Waals surface area contributed by atoms with Gasteiger partial charge < -0.3 is 0 Å². The summed E-state index contributed by atoms with van der Waals surface area (Å²) in [6.07, 6.45) is 0. The lowest BCUT2D eigenvalue weighted by atomic mass is 10.1. The smallest absolute Gasteiger partial charge is 0.0153 e. The third kappa shape index (κ3) is 3.13. The molecule has 1 aromatic rings. The summed E-state index contributed by atoms with van der Waals surface area (Å²) in [5, 5.41) is 0. The van der Waals surface area contributed by atoms with Crippen molar-refractivity contribution in [3.63, 3.8) is 0 Å². The van der Waals surface area contributed by atoms with E-state index in [9.17, 15) is 0 Å². The fourth-order valence-corrected chi connectivity index (χ4v) is 2.44. The van der Waals surface area contributed by atoms with Crippen LogP contribution in [0, 0.1) is 26.7 Å². The molecule has 0 bridgehead atoms. The van der Waals surface area contributed by atoms with Crippen LogP contribution in [0.5, 0.6) is 0 Å². The summed E-state index contributed by atoms with van der Waals surface area (Å²) in [5.74, 6) is 0.537. The van der Waals surface area contributed by atoms with E-state index >= 15 is 0 Å². The highest BCUT2D eigenvalue weighted by Gasteiger charge is 2.07. The first-order valence-corrected chi connectivity index (χ1v) is 6.18. The van der Waals surface area contributed by atoms with Crippen molar-refractivity contribution >= 4 is 11.8 Å². The number of hydrogen-bond acceptors (Lipinski definition) is 1. The Morgan fingerprint density at radius 2 is 1.80 bits per heavy atom. The Hall–Kier alpha value is -0.690. The summed E-state index contributed by atoms with van der Waals surface area (Å²) < 4.78 is 0. The lowest BCUT2D eigenvalue weighted by molar-refractivity contribution is 0.819. The summed E-state index contributed by atoms with van der Waals surface area (Å²) in [6, 6.07) is 4.48. The highest BCUT2D eigenvalue weighted by Crippen LogP contribution is 2.34. The fourth-order valence-electron chi connectivity index (χ4n) is 1.37. The monoisotopic (exact) mass is 220 g/mol. The molecule has 0 aromatic heterocycles. The van der Waals surface area contributed by atoms with Crippen LogP contribution in [0.3, 0.4) is 0 Å². The van der Waals surface area contributed by atoms with Gasteiger partial charge in [-0.15, -0.1) is 0 Å². The van der Waals surface area contributed by atoms with Crippen molar-refractivity contribution in [3.8, 4) is 0 Å². The fraction of sp³-hybridized carbons (Fsp3) is 0.429. The SMILES string of the molecule is C=C(Sc1cc(C)cc(C)c1C)C(C)C. The van der Waals surface area contributed by atoms with Gasteiger partial charge in [0.25, 0.3) is 0 Å². The van der Waals surface area contributed by atoms with Crippen molar-refractivity contribution in [2.45, 2.75) is 39.5 Å². The van der Waals surface area contributed by atoms with Crippen molar-refractivity contribution < 1.29 is 0 Å². The van der Waals surface area contributed by atoms with Crippen LogP contribution in [0.4, 0.5) is 0 Å². The van der Waals surface area contributed by atoms with E-state index in [0.717, 1.165) is 0 Å². The van der Waals surface area contributed by atoms with E-state index in [4.69, 9.17) is 0 Å². The molecule has 1 heteroatoms. The third-order valence-corrected chi connectivity index (χ3v) is 4.03. The van der Waals surface area contributed by atoms with E-state index in [1.165, 1.54) is 26.5 Å². The van der Waals surface area contributed by atoms with E-state index in [0.29, 0.717) is 5.92 Å². The number of benzene rings is 1. The van der Waals surface area contributed by atoms with E-state index < -0.39 is 0 Å². The van der Waals surface area contributed by atoms with E-state index in [-0.39, 0.29) is 0 Å². The standard InChI is InChI=1S/C14H20S/c1-9(2)13(6)15-14-8-10(3)7-11(4)12(14)5/h7-9H,6H2,1-5H3. The van der Waals surface area contributed by atoms with Gasteiger partial charge in [-0.05, 0) is 54.4 Å². The van der Waals surface area contributed by atoms with Crippen molar-refractivity contribution in [2.24, 2.45) is 5.92 Å². The maximum absolute atomic E-state index is 4.11. The minimum absolute atomic E-state index is 0.537. The molecule has 1 aromatic carbocycles. The summed E-state index contributed by atoms with van der Waals surface area (Å²) in [7, 11) is 0. The van der Waals surface area contributed by atoms with E-state index in [2.05, 4.69) is 53.3 Å². The zero-order valence-electron chi connectivity index (χ0n) is 10.3. The predicted molar refractivity (Wildman–Crippen MR) is 70.5 cm³/mol.